The van der Waals surface area contributed by atoms with Gasteiger partial charge in [-0.2, -0.15) is 4.31 Å². The summed E-state index contributed by atoms with van der Waals surface area (Å²) in [4.78, 5) is 4.95. The Morgan fingerprint density at radius 3 is 2.42 bits per heavy atom. The molecule has 0 bridgehead atoms. The van der Waals surface area contributed by atoms with E-state index in [4.69, 9.17) is 4.42 Å². The molecule has 4 rings (SSSR count). The predicted molar refractivity (Wildman–Crippen MR) is 124 cm³/mol. The van der Waals surface area contributed by atoms with Crippen molar-refractivity contribution in [1.29, 1.82) is 0 Å². The monoisotopic (exact) mass is 455 g/mol. The van der Waals surface area contributed by atoms with Gasteiger partial charge < -0.3 is 9.73 Å². The molecule has 0 saturated heterocycles. The second-order valence-electron chi connectivity index (χ2n) is 7.09. The van der Waals surface area contributed by atoms with Crippen LogP contribution in [0.25, 0.3) is 21.0 Å². The van der Waals surface area contributed by atoms with Crippen LogP contribution in [0.3, 0.4) is 0 Å². The molecule has 0 unspecified atom stereocenters. The van der Waals surface area contributed by atoms with Crippen molar-refractivity contribution in [3.63, 3.8) is 0 Å². The average molecular weight is 456 g/mol. The fraction of sp³-hybridized carbons (Fsp3) is 0.261. The Bertz CT molecular complexity index is 1220. The summed E-state index contributed by atoms with van der Waals surface area (Å²) in [6, 6.07) is 19.0. The summed E-state index contributed by atoms with van der Waals surface area (Å²) in [5.41, 5.74) is 1.99. The van der Waals surface area contributed by atoms with Crippen LogP contribution in [-0.2, 0) is 23.1 Å². The number of para-hydroxylation sites is 1. The zero-order valence-electron chi connectivity index (χ0n) is 17.5. The first-order valence-electron chi connectivity index (χ1n) is 10.3. The van der Waals surface area contributed by atoms with Crippen molar-refractivity contribution >= 4 is 31.6 Å². The molecular formula is C23H25N3O3S2. The van der Waals surface area contributed by atoms with Crippen LogP contribution >= 0.6 is 11.3 Å². The number of sulfonamides is 1. The normalized spacial score (nSPS) is 12.1. The van der Waals surface area contributed by atoms with Gasteiger partial charge in [-0.25, -0.2) is 13.4 Å². The van der Waals surface area contributed by atoms with E-state index in [0.29, 0.717) is 31.1 Å². The fourth-order valence-electron chi connectivity index (χ4n) is 3.39. The molecule has 0 aliphatic carbocycles. The standard InChI is InChI=1S/C23H25N3O3S2/c1-3-26(4-2)31(27,28)19-12-9-17(10-13-19)15-24-16-18-11-14-21(29-18)23-25-20-7-5-6-8-22(20)30-23/h5-14,24H,3-4,15-16H2,1-2H3. The van der Waals surface area contributed by atoms with Crippen molar-refractivity contribution < 1.29 is 12.8 Å². The molecule has 0 fully saturated rings. The van der Waals surface area contributed by atoms with Gasteiger partial charge >= 0.3 is 0 Å². The van der Waals surface area contributed by atoms with E-state index in [1.165, 1.54) is 4.31 Å². The summed E-state index contributed by atoms with van der Waals surface area (Å²) in [5.74, 6) is 1.60. The van der Waals surface area contributed by atoms with Gasteiger partial charge in [0.15, 0.2) is 10.8 Å². The topological polar surface area (TPSA) is 75.4 Å². The number of nitrogens with one attached hydrogen (secondary N) is 1. The molecule has 2 aromatic carbocycles. The van der Waals surface area contributed by atoms with E-state index in [1.807, 2.05) is 56.3 Å². The second-order valence-corrected chi connectivity index (χ2v) is 10.1. The van der Waals surface area contributed by atoms with Crippen LogP contribution in [0.4, 0.5) is 0 Å². The summed E-state index contributed by atoms with van der Waals surface area (Å²) in [6.07, 6.45) is 0. The van der Waals surface area contributed by atoms with Gasteiger partial charge in [0.2, 0.25) is 10.0 Å². The van der Waals surface area contributed by atoms with Gasteiger partial charge in [-0.05, 0) is 42.0 Å². The largest absolute Gasteiger partial charge is 0.457 e. The molecule has 162 valence electrons. The van der Waals surface area contributed by atoms with Crippen molar-refractivity contribution in [3.8, 4) is 10.8 Å². The summed E-state index contributed by atoms with van der Waals surface area (Å²) >= 11 is 1.61. The summed E-state index contributed by atoms with van der Waals surface area (Å²) in [6.45, 7) is 5.80. The zero-order valence-corrected chi connectivity index (χ0v) is 19.2. The molecule has 0 aliphatic heterocycles. The Hall–Kier alpha value is -2.52. The lowest BCUT2D eigenvalue weighted by atomic mass is 10.2. The molecule has 0 saturated carbocycles. The summed E-state index contributed by atoms with van der Waals surface area (Å²) in [5, 5.41) is 4.21. The number of aromatic nitrogens is 1. The van der Waals surface area contributed by atoms with E-state index in [-0.39, 0.29) is 0 Å². The van der Waals surface area contributed by atoms with Crippen LogP contribution in [-0.4, -0.2) is 30.8 Å². The Kier molecular flexibility index (Phi) is 6.52. The maximum atomic E-state index is 12.6. The van der Waals surface area contributed by atoms with E-state index in [2.05, 4.69) is 16.4 Å². The molecular weight excluding hydrogens is 430 g/mol. The third-order valence-corrected chi connectivity index (χ3v) is 8.18. The van der Waals surface area contributed by atoms with Crippen LogP contribution in [0.5, 0.6) is 0 Å². The van der Waals surface area contributed by atoms with Crippen LogP contribution in [0.2, 0.25) is 0 Å². The molecule has 2 heterocycles. The number of rotatable bonds is 9. The predicted octanol–water partition coefficient (Wildman–Crippen LogP) is 4.88. The number of furan rings is 1. The Balaban J connectivity index is 1.36. The molecule has 8 heteroatoms. The van der Waals surface area contributed by atoms with Gasteiger partial charge in [-0.15, -0.1) is 11.3 Å². The van der Waals surface area contributed by atoms with Gasteiger partial charge in [0.05, 0.1) is 21.7 Å². The van der Waals surface area contributed by atoms with E-state index in [1.54, 1.807) is 23.5 Å². The molecule has 2 aromatic heterocycles. The van der Waals surface area contributed by atoms with Crippen LogP contribution in [0, 0.1) is 0 Å². The van der Waals surface area contributed by atoms with Gasteiger partial charge in [0.1, 0.15) is 5.76 Å². The van der Waals surface area contributed by atoms with Crippen LogP contribution < -0.4 is 5.32 Å². The molecule has 0 spiro atoms. The molecule has 31 heavy (non-hydrogen) atoms. The van der Waals surface area contributed by atoms with E-state index in [0.717, 1.165) is 32.3 Å². The first-order valence-corrected chi connectivity index (χ1v) is 12.5. The number of hydrogen-bond acceptors (Lipinski definition) is 6. The van der Waals surface area contributed by atoms with E-state index in [9.17, 15) is 8.42 Å². The maximum absolute atomic E-state index is 12.6. The molecule has 4 aromatic rings. The Morgan fingerprint density at radius 2 is 1.71 bits per heavy atom. The van der Waals surface area contributed by atoms with Gasteiger partial charge in [-0.1, -0.05) is 38.1 Å². The third-order valence-electron chi connectivity index (χ3n) is 5.06. The highest BCUT2D eigenvalue weighted by atomic mass is 32.2. The number of nitrogens with zero attached hydrogens (tertiary/aromatic N) is 2. The van der Waals surface area contributed by atoms with Crippen molar-refractivity contribution in [2.45, 2.75) is 31.8 Å². The minimum Gasteiger partial charge on any atom is -0.457 e. The average Bonchev–Trinajstić information content (AvgIpc) is 3.41. The number of thiazole rings is 1. The fourth-order valence-corrected chi connectivity index (χ4v) is 5.77. The van der Waals surface area contributed by atoms with E-state index < -0.39 is 10.0 Å². The number of benzene rings is 2. The summed E-state index contributed by atoms with van der Waals surface area (Å²) in [7, 11) is -3.42. The van der Waals surface area contributed by atoms with Gasteiger partial charge in [-0.3, -0.25) is 0 Å². The third kappa shape index (κ3) is 4.72. The van der Waals surface area contributed by atoms with Crippen LogP contribution in [0.15, 0.2) is 70.0 Å². The first kappa shape index (κ1) is 21.7. The molecule has 0 aliphatic rings. The molecule has 0 radical (unpaired) electrons. The van der Waals surface area contributed by atoms with Crippen molar-refractivity contribution in [2.75, 3.05) is 13.1 Å². The van der Waals surface area contributed by atoms with Gasteiger partial charge in [0, 0.05) is 19.6 Å². The number of fused-ring (bicyclic) bond motifs is 1. The second kappa shape index (κ2) is 9.32. The highest BCUT2D eigenvalue weighted by Gasteiger charge is 2.21. The SMILES string of the molecule is CCN(CC)S(=O)(=O)c1ccc(CNCc2ccc(-c3nc4ccccc4s3)o2)cc1. The highest BCUT2D eigenvalue weighted by Crippen LogP contribution is 2.31. The smallest absolute Gasteiger partial charge is 0.243 e. The summed E-state index contributed by atoms with van der Waals surface area (Å²) < 4.78 is 33.7. The Labute approximate surface area is 186 Å². The Morgan fingerprint density at radius 1 is 0.968 bits per heavy atom. The minimum absolute atomic E-state index is 0.325. The lowest BCUT2D eigenvalue weighted by molar-refractivity contribution is 0.445. The molecule has 0 atom stereocenters. The van der Waals surface area contributed by atoms with Crippen molar-refractivity contribution in [3.05, 3.63) is 72.0 Å². The first-order chi connectivity index (χ1) is 15.0. The maximum Gasteiger partial charge on any atom is 0.243 e. The molecule has 6 nitrogen and oxygen atoms in total. The van der Waals surface area contributed by atoms with Crippen molar-refractivity contribution in [2.24, 2.45) is 0 Å². The molecule has 0 amide bonds. The molecule has 1 N–H and O–H groups in total. The lowest BCUT2D eigenvalue weighted by Gasteiger charge is -2.18. The highest BCUT2D eigenvalue weighted by molar-refractivity contribution is 7.89. The lowest BCUT2D eigenvalue weighted by Crippen LogP contribution is -2.30. The van der Waals surface area contributed by atoms with Crippen molar-refractivity contribution in [1.82, 2.24) is 14.6 Å². The van der Waals surface area contributed by atoms with Crippen LogP contribution in [0.1, 0.15) is 25.2 Å². The minimum atomic E-state index is -3.42. The zero-order chi connectivity index (χ0) is 21.8. The quantitative estimate of drug-likeness (QED) is 0.389. The number of hydrogen-bond donors (Lipinski definition) is 1. The van der Waals surface area contributed by atoms with E-state index >= 15 is 0 Å². The van der Waals surface area contributed by atoms with Gasteiger partial charge in [0.25, 0.3) is 0 Å².